The second kappa shape index (κ2) is 7.53. The maximum absolute atomic E-state index is 12.1. The lowest BCUT2D eigenvalue weighted by Gasteiger charge is -2.22. The number of nitrogens with one attached hydrogen (secondary N) is 1. The molecule has 0 spiro atoms. The highest BCUT2D eigenvalue weighted by Gasteiger charge is 2.18. The molecule has 110 valence electrons. The highest BCUT2D eigenvalue weighted by atomic mass is 16.4. The molecule has 1 rings (SSSR count). The predicted molar refractivity (Wildman–Crippen MR) is 79.3 cm³/mol. The van der Waals surface area contributed by atoms with E-state index in [0.717, 1.165) is 19.3 Å². The van der Waals surface area contributed by atoms with Crippen molar-refractivity contribution in [2.75, 3.05) is 11.9 Å². The molecule has 0 radical (unpaired) electrons. The fourth-order valence-electron chi connectivity index (χ4n) is 1.95. The SMILES string of the molecule is CCCCC(C)NC(=O)N(C)c1ccccc1C(=O)O. The monoisotopic (exact) mass is 278 g/mol. The largest absolute Gasteiger partial charge is 0.478 e. The second-order valence-corrected chi connectivity index (χ2v) is 4.87. The summed E-state index contributed by atoms with van der Waals surface area (Å²) in [7, 11) is 1.57. The molecule has 5 heteroatoms. The Hall–Kier alpha value is -2.04. The van der Waals surface area contributed by atoms with E-state index >= 15 is 0 Å². The summed E-state index contributed by atoms with van der Waals surface area (Å²) in [5.41, 5.74) is 0.506. The molecule has 0 aliphatic heterocycles. The van der Waals surface area contributed by atoms with Gasteiger partial charge in [-0.2, -0.15) is 0 Å². The van der Waals surface area contributed by atoms with Gasteiger partial charge < -0.3 is 10.4 Å². The van der Waals surface area contributed by atoms with E-state index < -0.39 is 5.97 Å². The van der Waals surface area contributed by atoms with E-state index in [9.17, 15) is 9.59 Å². The van der Waals surface area contributed by atoms with Crippen LogP contribution in [0.5, 0.6) is 0 Å². The fourth-order valence-corrected chi connectivity index (χ4v) is 1.95. The lowest BCUT2D eigenvalue weighted by molar-refractivity contribution is 0.0697. The molecule has 0 heterocycles. The lowest BCUT2D eigenvalue weighted by atomic mass is 10.1. The van der Waals surface area contributed by atoms with Crippen molar-refractivity contribution in [3.05, 3.63) is 29.8 Å². The van der Waals surface area contributed by atoms with Crippen LogP contribution >= 0.6 is 0 Å². The van der Waals surface area contributed by atoms with Crippen molar-refractivity contribution < 1.29 is 14.7 Å². The summed E-state index contributed by atoms with van der Waals surface area (Å²) in [4.78, 5) is 24.6. The van der Waals surface area contributed by atoms with Crippen molar-refractivity contribution in [1.29, 1.82) is 0 Å². The standard InChI is InChI=1S/C15H22N2O3/c1-4-5-8-11(2)16-15(20)17(3)13-10-7-6-9-12(13)14(18)19/h6-7,9-11H,4-5,8H2,1-3H3,(H,16,20)(H,18,19). The number of amides is 2. The van der Waals surface area contributed by atoms with Crippen LogP contribution in [-0.4, -0.2) is 30.2 Å². The number of hydrogen-bond acceptors (Lipinski definition) is 2. The average Bonchev–Trinajstić information content (AvgIpc) is 2.44. The Balaban J connectivity index is 2.77. The molecule has 1 atom stereocenters. The van der Waals surface area contributed by atoms with Gasteiger partial charge in [-0.1, -0.05) is 31.9 Å². The van der Waals surface area contributed by atoms with E-state index in [4.69, 9.17) is 5.11 Å². The Morgan fingerprint density at radius 3 is 2.60 bits per heavy atom. The van der Waals surface area contributed by atoms with Crippen molar-refractivity contribution in [1.82, 2.24) is 5.32 Å². The zero-order valence-corrected chi connectivity index (χ0v) is 12.2. The maximum atomic E-state index is 12.1. The molecule has 0 aromatic heterocycles. The van der Waals surface area contributed by atoms with Gasteiger partial charge in [0, 0.05) is 13.1 Å². The number of rotatable bonds is 6. The third-order valence-corrected chi connectivity index (χ3v) is 3.16. The van der Waals surface area contributed by atoms with E-state index in [1.807, 2.05) is 6.92 Å². The molecule has 2 N–H and O–H groups in total. The molecule has 1 aromatic carbocycles. The number of carbonyl (C=O) groups excluding carboxylic acids is 1. The van der Waals surface area contributed by atoms with Gasteiger partial charge in [0.25, 0.3) is 0 Å². The van der Waals surface area contributed by atoms with Gasteiger partial charge in [-0.25, -0.2) is 9.59 Å². The summed E-state index contributed by atoms with van der Waals surface area (Å²) in [5, 5.41) is 12.0. The summed E-state index contributed by atoms with van der Waals surface area (Å²) in [6.45, 7) is 4.05. The van der Waals surface area contributed by atoms with Gasteiger partial charge in [-0.3, -0.25) is 4.90 Å². The lowest BCUT2D eigenvalue weighted by Crippen LogP contribution is -2.42. The van der Waals surface area contributed by atoms with E-state index in [-0.39, 0.29) is 17.6 Å². The number of nitrogens with zero attached hydrogens (tertiary/aromatic N) is 1. The van der Waals surface area contributed by atoms with Crippen LogP contribution in [0.4, 0.5) is 10.5 Å². The maximum Gasteiger partial charge on any atom is 0.337 e. The van der Waals surface area contributed by atoms with E-state index in [0.29, 0.717) is 5.69 Å². The third kappa shape index (κ3) is 4.26. The van der Waals surface area contributed by atoms with Crippen molar-refractivity contribution in [2.24, 2.45) is 0 Å². The molecule has 0 fully saturated rings. The molecule has 2 amide bonds. The van der Waals surface area contributed by atoms with Crippen molar-refractivity contribution in [3.63, 3.8) is 0 Å². The first-order valence-corrected chi connectivity index (χ1v) is 6.84. The van der Waals surface area contributed by atoms with Gasteiger partial charge in [-0.05, 0) is 25.5 Å². The quantitative estimate of drug-likeness (QED) is 0.840. The van der Waals surface area contributed by atoms with Gasteiger partial charge in [-0.15, -0.1) is 0 Å². The van der Waals surface area contributed by atoms with Gasteiger partial charge >= 0.3 is 12.0 Å². The molecular weight excluding hydrogens is 256 g/mol. The first-order chi connectivity index (χ1) is 9.47. The number of benzene rings is 1. The van der Waals surface area contributed by atoms with Crippen LogP contribution in [0.15, 0.2) is 24.3 Å². The number of anilines is 1. The van der Waals surface area contributed by atoms with Crippen LogP contribution in [0.3, 0.4) is 0 Å². The molecular formula is C15H22N2O3. The Morgan fingerprint density at radius 2 is 2.00 bits per heavy atom. The van der Waals surface area contributed by atoms with Gasteiger partial charge in [0.2, 0.25) is 0 Å². The van der Waals surface area contributed by atoms with Crippen molar-refractivity contribution >= 4 is 17.7 Å². The topological polar surface area (TPSA) is 69.6 Å². The Kier molecular flexibility index (Phi) is 6.03. The number of carboxylic acid groups (broad SMARTS) is 1. The molecule has 5 nitrogen and oxygen atoms in total. The van der Waals surface area contributed by atoms with Crippen LogP contribution < -0.4 is 10.2 Å². The zero-order valence-electron chi connectivity index (χ0n) is 12.2. The van der Waals surface area contributed by atoms with E-state index in [1.54, 1.807) is 25.2 Å². The van der Waals surface area contributed by atoms with E-state index in [1.165, 1.54) is 11.0 Å². The third-order valence-electron chi connectivity index (χ3n) is 3.16. The Bertz CT molecular complexity index is 474. The molecule has 0 bridgehead atoms. The molecule has 20 heavy (non-hydrogen) atoms. The highest BCUT2D eigenvalue weighted by Crippen LogP contribution is 2.19. The summed E-state index contributed by atoms with van der Waals surface area (Å²) < 4.78 is 0. The van der Waals surface area contributed by atoms with Gasteiger partial charge in [0.1, 0.15) is 0 Å². The Morgan fingerprint density at radius 1 is 1.35 bits per heavy atom. The van der Waals surface area contributed by atoms with Crippen LogP contribution in [0.1, 0.15) is 43.5 Å². The van der Waals surface area contributed by atoms with Gasteiger partial charge in [0.15, 0.2) is 0 Å². The molecule has 0 aliphatic rings. The number of hydrogen-bond donors (Lipinski definition) is 2. The van der Waals surface area contributed by atoms with Crippen molar-refractivity contribution in [3.8, 4) is 0 Å². The minimum Gasteiger partial charge on any atom is -0.478 e. The number of unbranched alkanes of at least 4 members (excludes halogenated alkanes) is 1. The Labute approximate surface area is 119 Å². The molecule has 0 saturated heterocycles. The number of urea groups is 1. The normalized spacial score (nSPS) is 11.8. The molecule has 0 saturated carbocycles. The predicted octanol–water partition coefficient (Wildman–Crippen LogP) is 3.11. The number of aromatic carboxylic acids is 1. The number of carbonyl (C=O) groups is 2. The summed E-state index contributed by atoms with van der Waals surface area (Å²) in [6, 6.07) is 6.25. The molecule has 1 unspecified atom stereocenters. The van der Waals surface area contributed by atoms with Gasteiger partial charge in [0.05, 0.1) is 11.3 Å². The minimum absolute atomic E-state index is 0.0712. The fraction of sp³-hybridized carbons (Fsp3) is 0.467. The van der Waals surface area contributed by atoms with E-state index in [2.05, 4.69) is 12.2 Å². The van der Waals surface area contributed by atoms with Crippen LogP contribution in [0, 0.1) is 0 Å². The number of para-hydroxylation sites is 1. The van der Waals surface area contributed by atoms with Crippen LogP contribution in [0.25, 0.3) is 0 Å². The zero-order chi connectivity index (χ0) is 15.1. The number of carboxylic acids is 1. The van der Waals surface area contributed by atoms with Crippen LogP contribution in [0.2, 0.25) is 0 Å². The first-order valence-electron chi connectivity index (χ1n) is 6.84. The molecule has 1 aromatic rings. The summed E-state index contributed by atoms with van der Waals surface area (Å²) >= 11 is 0. The minimum atomic E-state index is -1.04. The second-order valence-electron chi connectivity index (χ2n) is 4.87. The van der Waals surface area contributed by atoms with Crippen molar-refractivity contribution in [2.45, 2.75) is 39.2 Å². The smallest absolute Gasteiger partial charge is 0.337 e. The highest BCUT2D eigenvalue weighted by molar-refractivity contribution is 6.01. The first kappa shape index (κ1) is 16.0. The molecule has 0 aliphatic carbocycles. The summed E-state index contributed by atoms with van der Waals surface area (Å²) in [5.74, 6) is -1.04. The average molecular weight is 278 g/mol. The van der Waals surface area contributed by atoms with Crippen LogP contribution in [-0.2, 0) is 0 Å². The summed E-state index contributed by atoms with van der Waals surface area (Å²) in [6.07, 6.45) is 3.05.